The third-order valence-corrected chi connectivity index (χ3v) is 5.33. The molecule has 0 atom stereocenters. The zero-order valence-electron chi connectivity index (χ0n) is 15.4. The summed E-state index contributed by atoms with van der Waals surface area (Å²) in [6.07, 6.45) is 1.83. The number of furan rings is 1. The molecule has 3 heterocycles. The second-order valence-corrected chi connectivity index (χ2v) is 7.19. The minimum absolute atomic E-state index is 0.0190. The Kier molecular flexibility index (Phi) is 4.51. The Morgan fingerprint density at radius 3 is 2.63 bits per heavy atom. The first-order chi connectivity index (χ1) is 13.1. The van der Waals surface area contributed by atoms with E-state index in [2.05, 4.69) is 16.0 Å². The Labute approximate surface area is 158 Å². The molecule has 0 radical (unpaired) electrons. The van der Waals surface area contributed by atoms with Crippen molar-refractivity contribution in [2.45, 2.75) is 31.7 Å². The van der Waals surface area contributed by atoms with Crippen LogP contribution in [0.4, 0.5) is 16.2 Å². The monoisotopic (exact) mass is 368 g/mol. The number of benzene rings is 1. The van der Waals surface area contributed by atoms with Crippen LogP contribution in [0.5, 0.6) is 0 Å². The predicted octanol–water partition coefficient (Wildman–Crippen LogP) is 2.74. The van der Waals surface area contributed by atoms with Crippen LogP contribution in [0.25, 0.3) is 0 Å². The van der Waals surface area contributed by atoms with Crippen LogP contribution in [0, 0.1) is 6.92 Å². The van der Waals surface area contributed by atoms with Gasteiger partial charge in [-0.25, -0.2) is 4.79 Å². The number of amides is 3. The molecule has 0 unspecified atom stereocenters. The fourth-order valence-electron chi connectivity index (χ4n) is 3.73. The van der Waals surface area contributed by atoms with Crippen molar-refractivity contribution >= 4 is 23.3 Å². The minimum atomic E-state index is -0.642. The molecule has 3 N–H and O–H groups in total. The van der Waals surface area contributed by atoms with E-state index >= 15 is 0 Å². The van der Waals surface area contributed by atoms with E-state index in [1.807, 2.05) is 43.3 Å². The molecule has 0 bridgehead atoms. The Bertz CT molecular complexity index is 852. The molecule has 0 aliphatic carbocycles. The van der Waals surface area contributed by atoms with Crippen LogP contribution in [0.15, 0.2) is 40.8 Å². The van der Waals surface area contributed by atoms with Gasteiger partial charge in [-0.05, 0) is 44.0 Å². The number of aryl methyl sites for hydroxylation is 1. The molecule has 0 saturated carbocycles. The van der Waals surface area contributed by atoms with Crippen LogP contribution in [0.3, 0.4) is 0 Å². The number of hydrogen-bond donors (Lipinski definition) is 3. The number of carbonyl (C=O) groups is 2. The minimum Gasteiger partial charge on any atom is -0.466 e. The summed E-state index contributed by atoms with van der Waals surface area (Å²) in [6, 6.07) is 11.4. The third-order valence-electron chi connectivity index (χ3n) is 5.33. The molecule has 7 heteroatoms. The summed E-state index contributed by atoms with van der Waals surface area (Å²) >= 11 is 0. The summed E-state index contributed by atoms with van der Waals surface area (Å²) in [6.45, 7) is 3.50. The van der Waals surface area contributed by atoms with E-state index in [1.165, 1.54) is 0 Å². The standard InChI is InChI=1S/C20H24N4O3/c1-14-6-7-15(27-14)8-11-21-19(26)24-12-9-20(10-13-24)18(25)22-16-4-2-3-5-17(16)23-20/h2-7,23H,8-13H2,1H3,(H,21,26)(H,22,25). The van der Waals surface area contributed by atoms with Gasteiger partial charge in [0.25, 0.3) is 0 Å². The Morgan fingerprint density at radius 2 is 1.93 bits per heavy atom. The van der Waals surface area contributed by atoms with Gasteiger partial charge < -0.3 is 25.3 Å². The van der Waals surface area contributed by atoms with Crippen LogP contribution < -0.4 is 16.0 Å². The van der Waals surface area contributed by atoms with Crippen LogP contribution >= 0.6 is 0 Å². The molecular formula is C20H24N4O3. The summed E-state index contributed by atoms with van der Waals surface area (Å²) in [5.74, 6) is 1.72. The van der Waals surface area contributed by atoms with Crippen LogP contribution in [-0.4, -0.2) is 42.0 Å². The van der Waals surface area contributed by atoms with E-state index in [0.29, 0.717) is 38.9 Å². The van der Waals surface area contributed by atoms with Gasteiger partial charge in [0.05, 0.1) is 11.4 Å². The molecule has 142 valence electrons. The first-order valence-corrected chi connectivity index (χ1v) is 9.32. The van der Waals surface area contributed by atoms with Crippen molar-refractivity contribution in [3.63, 3.8) is 0 Å². The van der Waals surface area contributed by atoms with Crippen LogP contribution in [-0.2, 0) is 11.2 Å². The van der Waals surface area contributed by atoms with E-state index in [4.69, 9.17) is 4.42 Å². The summed E-state index contributed by atoms with van der Waals surface area (Å²) in [7, 11) is 0. The van der Waals surface area contributed by atoms with E-state index in [0.717, 1.165) is 22.9 Å². The number of nitrogens with zero attached hydrogens (tertiary/aromatic N) is 1. The smallest absolute Gasteiger partial charge is 0.317 e. The lowest BCUT2D eigenvalue weighted by atomic mass is 9.84. The number of anilines is 2. The highest BCUT2D eigenvalue weighted by atomic mass is 16.3. The maximum Gasteiger partial charge on any atom is 0.317 e. The van der Waals surface area contributed by atoms with Gasteiger partial charge >= 0.3 is 6.03 Å². The Hall–Kier alpha value is -2.96. The van der Waals surface area contributed by atoms with Crippen molar-refractivity contribution in [1.29, 1.82) is 0 Å². The fraction of sp³-hybridized carbons (Fsp3) is 0.400. The summed E-state index contributed by atoms with van der Waals surface area (Å²) in [5.41, 5.74) is 1.10. The number of hydrogen-bond acceptors (Lipinski definition) is 4. The lowest BCUT2D eigenvalue weighted by molar-refractivity contribution is -0.121. The van der Waals surface area contributed by atoms with Gasteiger partial charge in [0.1, 0.15) is 17.1 Å². The van der Waals surface area contributed by atoms with Crippen molar-refractivity contribution in [3.05, 3.63) is 47.9 Å². The molecule has 2 aliphatic heterocycles. The predicted molar refractivity (Wildman–Crippen MR) is 103 cm³/mol. The normalized spacial score (nSPS) is 17.8. The maximum absolute atomic E-state index is 12.6. The highest BCUT2D eigenvalue weighted by molar-refractivity contribution is 6.06. The molecule has 1 spiro atoms. The number of rotatable bonds is 3. The molecule has 7 nitrogen and oxygen atoms in total. The average Bonchev–Trinajstić information content (AvgIpc) is 3.08. The number of carbonyl (C=O) groups excluding carboxylic acids is 2. The molecule has 2 aromatic rings. The zero-order valence-corrected chi connectivity index (χ0v) is 15.4. The summed E-state index contributed by atoms with van der Waals surface area (Å²) in [5, 5.41) is 9.33. The van der Waals surface area contributed by atoms with Gasteiger partial charge in [-0.3, -0.25) is 4.79 Å². The number of nitrogens with one attached hydrogen (secondary N) is 3. The Balaban J connectivity index is 1.31. The van der Waals surface area contributed by atoms with E-state index in [9.17, 15) is 9.59 Å². The molecule has 4 rings (SSSR count). The third kappa shape index (κ3) is 3.49. The highest BCUT2D eigenvalue weighted by Gasteiger charge is 2.44. The SMILES string of the molecule is Cc1ccc(CCNC(=O)N2CCC3(CC2)Nc2ccccc2NC3=O)o1. The van der Waals surface area contributed by atoms with Crippen molar-refractivity contribution in [1.82, 2.24) is 10.2 Å². The summed E-state index contributed by atoms with van der Waals surface area (Å²) in [4.78, 5) is 26.8. The van der Waals surface area contributed by atoms with Crippen molar-refractivity contribution < 1.29 is 14.0 Å². The van der Waals surface area contributed by atoms with Crippen molar-refractivity contribution in [3.8, 4) is 0 Å². The lowest BCUT2D eigenvalue weighted by Gasteiger charge is -2.44. The van der Waals surface area contributed by atoms with E-state index in [-0.39, 0.29) is 11.9 Å². The van der Waals surface area contributed by atoms with Gasteiger partial charge in [-0.1, -0.05) is 12.1 Å². The molecule has 1 saturated heterocycles. The van der Waals surface area contributed by atoms with Crippen LogP contribution in [0.1, 0.15) is 24.4 Å². The molecule has 27 heavy (non-hydrogen) atoms. The highest BCUT2D eigenvalue weighted by Crippen LogP contribution is 2.36. The largest absolute Gasteiger partial charge is 0.466 e. The van der Waals surface area contributed by atoms with Gasteiger partial charge in [0.15, 0.2) is 0 Å². The molecule has 2 aliphatic rings. The second kappa shape index (κ2) is 6.98. The molecule has 1 aromatic carbocycles. The van der Waals surface area contributed by atoms with E-state index in [1.54, 1.807) is 4.90 Å². The first-order valence-electron chi connectivity index (χ1n) is 9.32. The number of likely N-dealkylation sites (tertiary alicyclic amines) is 1. The quantitative estimate of drug-likeness (QED) is 0.777. The number of urea groups is 1. The maximum atomic E-state index is 12.6. The van der Waals surface area contributed by atoms with E-state index < -0.39 is 5.54 Å². The summed E-state index contributed by atoms with van der Waals surface area (Å²) < 4.78 is 5.51. The number of fused-ring (bicyclic) bond motifs is 1. The zero-order chi connectivity index (χ0) is 18.9. The van der Waals surface area contributed by atoms with Gasteiger partial charge in [0.2, 0.25) is 5.91 Å². The first kappa shape index (κ1) is 17.5. The Morgan fingerprint density at radius 1 is 1.19 bits per heavy atom. The number of para-hydroxylation sites is 2. The van der Waals surface area contributed by atoms with Crippen LogP contribution in [0.2, 0.25) is 0 Å². The molecule has 1 aromatic heterocycles. The molecule has 3 amide bonds. The van der Waals surface area contributed by atoms with Crippen molar-refractivity contribution in [2.24, 2.45) is 0 Å². The molecular weight excluding hydrogens is 344 g/mol. The average molecular weight is 368 g/mol. The molecule has 1 fully saturated rings. The van der Waals surface area contributed by atoms with Crippen molar-refractivity contribution in [2.75, 3.05) is 30.3 Å². The number of piperidine rings is 1. The lowest BCUT2D eigenvalue weighted by Crippen LogP contribution is -2.60. The fourth-order valence-corrected chi connectivity index (χ4v) is 3.73. The topological polar surface area (TPSA) is 86.6 Å². The van der Waals surface area contributed by atoms with Gasteiger partial charge in [-0.2, -0.15) is 0 Å². The van der Waals surface area contributed by atoms with Gasteiger partial charge in [0, 0.05) is 26.1 Å². The second-order valence-electron chi connectivity index (χ2n) is 7.19. The van der Waals surface area contributed by atoms with Gasteiger partial charge in [-0.15, -0.1) is 0 Å².